The summed E-state index contributed by atoms with van der Waals surface area (Å²) in [4.78, 5) is 45.8. The summed E-state index contributed by atoms with van der Waals surface area (Å²) in [5, 5.41) is 12.2. The lowest BCUT2D eigenvalue weighted by molar-refractivity contribution is -0.153. The number of amides is 2. The van der Waals surface area contributed by atoms with Crippen molar-refractivity contribution in [3.05, 3.63) is 135 Å². The van der Waals surface area contributed by atoms with Crippen molar-refractivity contribution in [2.75, 3.05) is 13.1 Å². The van der Waals surface area contributed by atoms with E-state index >= 15 is 4.39 Å². The van der Waals surface area contributed by atoms with Crippen molar-refractivity contribution in [1.82, 2.24) is 10.2 Å². The first-order valence-electron chi connectivity index (χ1n) is 17.0. The number of aliphatic imine (C=N–C) groups is 1. The Labute approximate surface area is 307 Å². The Morgan fingerprint density at radius 3 is 2.29 bits per heavy atom. The summed E-state index contributed by atoms with van der Waals surface area (Å²) in [5.41, 5.74) is 5.87. The lowest BCUT2D eigenvalue weighted by Crippen LogP contribution is -2.59. The SMILES string of the molecule is C=C/C(=C\N=C(/C)c1ccc(C[C@H](NC(=O)c2ccc(C(C)(C)C)s2)C(=O)N2CC(C(=O)O)C2)cc1)c1ccc(-c2ccc(CF)c(C)c2)cc1F. The second-order valence-electron chi connectivity index (χ2n) is 14.1. The molecule has 10 heteroatoms. The maximum absolute atomic E-state index is 15.4. The van der Waals surface area contributed by atoms with Gasteiger partial charge in [0.15, 0.2) is 0 Å². The second-order valence-corrected chi connectivity index (χ2v) is 15.2. The zero-order valence-corrected chi connectivity index (χ0v) is 30.8. The fraction of sp³-hybridized carbons (Fsp3) is 0.286. The van der Waals surface area contributed by atoms with Crippen LogP contribution in [0.2, 0.25) is 0 Å². The highest BCUT2D eigenvalue weighted by Crippen LogP contribution is 2.30. The number of carboxylic acids is 1. The Bertz CT molecular complexity index is 2050. The molecule has 1 aromatic heterocycles. The van der Waals surface area contributed by atoms with Crippen LogP contribution in [0.5, 0.6) is 0 Å². The van der Waals surface area contributed by atoms with E-state index in [1.807, 2.05) is 56.3 Å². The average Bonchev–Trinajstić information content (AvgIpc) is 3.60. The Hall–Kier alpha value is -5.22. The molecule has 5 rings (SSSR count). The van der Waals surface area contributed by atoms with Crippen LogP contribution in [0.1, 0.15) is 70.1 Å². The molecule has 1 atom stereocenters. The van der Waals surface area contributed by atoms with Crippen molar-refractivity contribution in [2.24, 2.45) is 10.9 Å². The molecule has 7 nitrogen and oxygen atoms in total. The number of rotatable bonds is 12. The van der Waals surface area contributed by atoms with Crippen LogP contribution in [0.3, 0.4) is 0 Å². The van der Waals surface area contributed by atoms with Crippen molar-refractivity contribution in [3.8, 4) is 11.1 Å². The summed E-state index contributed by atoms with van der Waals surface area (Å²) < 4.78 is 28.5. The number of aliphatic carboxylic acids is 1. The number of carbonyl (C=O) groups is 3. The highest BCUT2D eigenvalue weighted by molar-refractivity contribution is 7.14. The first-order valence-corrected chi connectivity index (χ1v) is 17.8. The topological polar surface area (TPSA) is 99.1 Å². The number of allylic oxidation sites excluding steroid dienone is 2. The summed E-state index contributed by atoms with van der Waals surface area (Å²) in [6.07, 6.45) is 3.31. The number of hydrogen-bond acceptors (Lipinski definition) is 5. The smallest absolute Gasteiger partial charge is 0.310 e. The van der Waals surface area contributed by atoms with E-state index < -0.39 is 30.4 Å². The monoisotopic (exact) mass is 723 g/mol. The van der Waals surface area contributed by atoms with Gasteiger partial charge in [-0.25, -0.2) is 8.78 Å². The third-order valence-corrected chi connectivity index (χ3v) is 10.8. The molecule has 0 saturated carbocycles. The zero-order valence-electron chi connectivity index (χ0n) is 30.0. The van der Waals surface area contributed by atoms with E-state index in [-0.39, 0.29) is 36.7 Å². The molecular formula is C42H43F2N3O4S. The van der Waals surface area contributed by atoms with Gasteiger partial charge in [0.25, 0.3) is 5.91 Å². The van der Waals surface area contributed by atoms with Crippen LogP contribution in [0.15, 0.2) is 96.6 Å². The number of nitrogens with one attached hydrogen (secondary N) is 1. The van der Waals surface area contributed by atoms with E-state index in [0.29, 0.717) is 32.9 Å². The van der Waals surface area contributed by atoms with E-state index in [1.54, 1.807) is 36.5 Å². The second kappa shape index (κ2) is 16.0. The molecule has 0 aliphatic carbocycles. The number of likely N-dealkylation sites (tertiary alicyclic amines) is 1. The first kappa shape index (κ1) is 38.0. The van der Waals surface area contributed by atoms with Gasteiger partial charge < -0.3 is 15.3 Å². The molecule has 1 aliphatic heterocycles. The largest absolute Gasteiger partial charge is 0.481 e. The lowest BCUT2D eigenvalue weighted by Gasteiger charge is -2.38. The van der Waals surface area contributed by atoms with E-state index in [4.69, 9.17) is 0 Å². The van der Waals surface area contributed by atoms with Crippen LogP contribution in [0, 0.1) is 18.7 Å². The quantitative estimate of drug-likeness (QED) is 0.113. The molecule has 0 spiro atoms. The standard InChI is InChI=1S/C42H43F2N3O4S/c1-7-28(34-15-14-31(20-35(34)44)30-12-13-32(21-43)25(2)18-30)22-45-26(3)29-10-8-27(9-11-29)19-36(40(49)47-23-33(24-47)41(50)51)46-39(48)37-16-17-38(52-37)42(4,5)6/h7-18,20,22,33,36H,1,19,21,23-24H2,2-6H3,(H,46,48)(H,50,51)/b28-22+,45-26+/t36-/m0/s1. The number of carbonyl (C=O) groups excluding carboxylic acids is 2. The molecule has 0 bridgehead atoms. The highest BCUT2D eigenvalue weighted by Gasteiger charge is 2.39. The Morgan fingerprint density at radius 2 is 1.71 bits per heavy atom. The van der Waals surface area contributed by atoms with Gasteiger partial charge in [0.1, 0.15) is 18.5 Å². The Kier molecular flexibility index (Phi) is 11.7. The fourth-order valence-corrected chi connectivity index (χ4v) is 6.84. The molecule has 0 radical (unpaired) electrons. The van der Waals surface area contributed by atoms with Gasteiger partial charge in [-0.1, -0.05) is 88.0 Å². The van der Waals surface area contributed by atoms with E-state index in [1.165, 1.54) is 22.3 Å². The normalized spacial score (nSPS) is 14.5. The van der Waals surface area contributed by atoms with Gasteiger partial charge in [-0.15, -0.1) is 11.3 Å². The zero-order chi connectivity index (χ0) is 37.7. The van der Waals surface area contributed by atoms with Crippen molar-refractivity contribution >= 4 is 40.4 Å². The molecule has 1 aliphatic rings. The number of carboxylic acid groups (broad SMARTS) is 1. The molecular weight excluding hydrogens is 681 g/mol. The number of hydrogen-bond donors (Lipinski definition) is 2. The Morgan fingerprint density at radius 1 is 1.04 bits per heavy atom. The number of thiophene rings is 1. The number of nitrogens with zero attached hydrogens (tertiary/aromatic N) is 2. The minimum atomic E-state index is -0.947. The van der Waals surface area contributed by atoms with Gasteiger partial charge in [-0.3, -0.25) is 19.4 Å². The molecule has 2 heterocycles. The number of halogens is 2. The summed E-state index contributed by atoms with van der Waals surface area (Å²) in [6.45, 7) is 13.4. The van der Waals surface area contributed by atoms with Gasteiger partial charge in [0.05, 0.1) is 10.8 Å². The third kappa shape index (κ3) is 8.80. The van der Waals surface area contributed by atoms with Crippen LogP contribution in [-0.4, -0.2) is 52.6 Å². The van der Waals surface area contributed by atoms with Crippen LogP contribution >= 0.6 is 11.3 Å². The number of benzene rings is 3. The number of aryl methyl sites for hydroxylation is 1. The predicted molar refractivity (Wildman–Crippen MR) is 204 cm³/mol. The van der Waals surface area contributed by atoms with Crippen molar-refractivity contribution in [3.63, 3.8) is 0 Å². The molecule has 1 fully saturated rings. The summed E-state index contributed by atoms with van der Waals surface area (Å²) in [5.74, 6) is -2.68. The van der Waals surface area contributed by atoms with Crippen molar-refractivity contribution in [1.29, 1.82) is 0 Å². The first-order chi connectivity index (χ1) is 24.7. The van der Waals surface area contributed by atoms with Crippen molar-refractivity contribution in [2.45, 2.75) is 59.2 Å². The van der Waals surface area contributed by atoms with Gasteiger partial charge >= 0.3 is 5.97 Å². The van der Waals surface area contributed by atoms with Crippen LogP contribution in [-0.2, 0) is 28.1 Å². The summed E-state index contributed by atoms with van der Waals surface area (Å²) >= 11 is 1.38. The summed E-state index contributed by atoms with van der Waals surface area (Å²) in [6, 6.07) is 20.5. The van der Waals surface area contributed by atoms with Gasteiger partial charge in [0, 0.05) is 47.4 Å². The van der Waals surface area contributed by atoms with Crippen LogP contribution in [0.4, 0.5) is 8.78 Å². The maximum Gasteiger partial charge on any atom is 0.310 e. The third-order valence-electron chi connectivity index (χ3n) is 9.24. The van der Waals surface area contributed by atoms with Gasteiger partial charge in [-0.05, 0) is 70.8 Å². The van der Waals surface area contributed by atoms with Gasteiger partial charge in [-0.2, -0.15) is 0 Å². The van der Waals surface area contributed by atoms with Crippen LogP contribution in [0.25, 0.3) is 16.7 Å². The van der Waals surface area contributed by atoms with Crippen LogP contribution < -0.4 is 5.32 Å². The molecule has 1 saturated heterocycles. The van der Waals surface area contributed by atoms with Gasteiger partial charge in [0.2, 0.25) is 5.91 Å². The van der Waals surface area contributed by atoms with E-state index in [9.17, 15) is 23.9 Å². The minimum absolute atomic E-state index is 0.103. The molecule has 4 aromatic rings. The average molecular weight is 724 g/mol. The Balaban J connectivity index is 1.31. The molecule has 2 N–H and O–H groups in total. The molecule has 3 aromatic carbocycles. The fourth-order valence-electron chi connectivity index (χ4n) is 5.87. The van der Waals surface area contributed by atoms with E-state index in [0.717, 1.165) is 27.1 Å². The highest BCUT2D eigenvalue weighted by atomic mass is 32.1. The number of alkyl halides is 1. The maximum atomic E-state index is 15.4. The summed E-state index contributed by atoms with van der Waals surface area (Å²) in [7, 11) is 0. The minimum Gasteiger partial charge on any atom is -0.481 e. The predicted octanol–water partition coefficient (Wildman–Crippen LogP) is 8.55. The lowest BCUT2D eigenvalue weighted by atomic mass is 9.95. The molecule has 52 heavy (non-hydrogen) atoms. The molecule has 270 valence electrons. The molecule has 2 amide bonds. The molecule has 0 unspecified atom stereocenters. The van der Waals surface area contributed by atoms with E-state index in [2.05, 4.69) is 37.7 Å². The van der Waals surface area contributed by atoms with Crippen molar-refractivity contribution < 1.29 is 28.3 Å².